The largest absolute Gasteiger partial charge is 0.323 e. The van der Waals surface area contributed by atoms with Gasteiger partial charge in [-0.05, 0) is 30.7 Å². The number of rotatable bonds is 7. The Kier molecular flexibility index (Phi) is 5.99. The first kappa shape index (κ1) is 12.8. The molecule has 0 aliphatic rings. The van der Waals surface area contributed by atoms with E-state index in [2.05, 4.69) is 6.58 Å². The van der Waals surface area contributed by atoms with Crippen molar-refractivity contribution in [3.63, 3.8) is 0 Å². The molecule has 1 rings (SSSR count). The van der Waals surface area contributed by atoms with Crippen LogP contribution in [0.15, 0.2) is 24.1 Å². The Labute approximate surface area is 101 Å². The number of unbranched alkanes of at least 4 members (excludes halogenated alkanes) is 3. The van der Waals surface area contributed by atoms with Crippen LogP contribution in [0.25, 0.3) is 0 Å². The van der Waals surface area contributed by atoms with Gasteiger partial charge in [-0.1, -0.05) is 30.5 Å². The third kappa shape index (κ3) is 4.37. The van der Waals surface area contributed by atoms with Gasteiger partial charge in [-0.3, -0.25) is 0 Å². The molecule has 3 heteroatoms. The summed E-state index contributed by atoms with van der Waals surface area (Å²) in [6.45, 7) is 3.71. The number of hydrogen-bond donors (Lipinski definition) is 1. The molecule has 0 radical (unpaired) electrons. The van der Waals surface area contributed by atoms with Gasteiger partial charge < -0.3 is 5.73 Å². The molecule has 0 amide bonds. The number of hydrogen-bond acceptors (Lipinski definition) is 2. The zero-order valence-corrected chi connectivity index (χ0v) is 10.5. The van der Waals surface area contributed by atoms with Crippen LogP contribution < -0.4 is 5.73 Å². The van der Waals surface area contributed by atoms with E-state index in [0.717, 1.165) is 22.7 Å². The summed E-state index contributed by atoms with van der Waals surface area (Å²) in [5, 5.41) is 2.81. The highest BCUT2D eigenvalue weighted by atomic mass is 35.5. The van der Waals surface area contributed by atoms with Crippen LogP contribution in [0.1, 0.15) is 43.0 Å². The predicted molar refractivity (Wildman–Crippen MR) is 69.5 cm³/mol. The van der Waals surface area contributed by atoms with Crippen LogP contribution in [0.5, 0.6) is 0 Å². The van der Waals surface area contributed by atoms with Crippen LogP contribution in [-0.2, 0) is 0 Å². The van der Waals surface area contributed by atoms with E-state index in [1.54, 1.807) is 11.3 Å². The number of allylic oxidation sites excluding steroid dienone is 1. The molecule has 2 N–H and O–H groups in total. The molecule has 1 unspecified atom stereocenters. The minimum Gasteiger partial charge on any atom is -0.323 e. The maximum Gasteiger partial charge on any atom is 0.0561 e. The molecule has 0 saturated carbocycles. The summed E-state index contributed by atoms with van der Waals surface area (Å²) >= 11 is 7.67. The molecule has 0 spiro atoms. The molecule has 0 saturated heterocycles. The highest BCUT2D eigenvalue weighted by Gasteiger charge is 2.10. The van der Waals surface area contributed by atoms with Gasteiger partial charge in [-0.15, -0.1) is 17.9 Å². The van der Waals surface area contributed by atoms with Crippen molar-refractivity contribution in [3.05, 3.63) is 34.0 Å². The van der Waals surface area contributed by atoms with E-state index in [4.69, 9.17) is 17.3 Å². The van der Waals surface area contributed by atoms with Crippen LogP contribution in [0, 0.1) is 0 Å². The Balaban J connectivity index is 2.22. The zero-order valence-electron chi connectivity index (χ0n) is 8.92. The summed E-state index contributed by atoms with van der Waals surface area (Å²) in [4.78, 5) is 1.13. The summed E-state index contributed by atoms with van der Waals surface area (Å²) in [5.41, 5.74) is 6.06. The van der Waals surface area contributed by atoms with Crippen LogP contribution >= 0.6 is 22.9 Å². The molecule has 84 valence electrons. The maximum absolute atomic E-state index is 6.06. The second-order valence-corrected chi connectivity index (χ2v) is 5.02. The average molecular weight is 244 g/mol. The van der Waals surface area contributed by atoms with E-state index in [9.17, 15) is 0 Å². The lowest BCUT2D eigenvalue weighted by Crippen LogP contribution is -2.08. The lowest BCUT2D eigenvalue weighted by Gasteiger charge is -2.09. The lowest BCUT2D eigenvalue weighted by molar-refractivity contribution is 0.578. The first-order valence-electron chi connectivity index (χ1n) is 5.35. The highest BCUT2D eigenvalue weighted by molar-refractivity contribution is 7.10. The molecule has 15 heavy (non-hydrogen) atoms. The molecular weight excluding hydrogens is 226 g/mol. The molecular formula is C12H18ClNS. The average Bonchev–Trinajstić information content (AvgIpc) is 2.64. The normalized spacial score (nSPS) is 12.7. The van der Waals surface area contributed by atoms with Crippen LogP contribution in [0.4, 0.5) is 0 Å². The van der Waals surface area contributed by atoms with Crippen LogP contribution in [0.2, 0.25) is 5.02 Å². The topological polar surface area (TPSA) is 26.0 Å². The summed E-state index contributed by atoms with van der Waals surface area (Å²) in [7, 11) is 0. The van der Waals surface area contributed by atoms with Gasteiger partial charge in [0.25, 0.3) is 0 Å². The lowest BCUT2D eigenvalue weighted by atomic mass is 10.1. The summed E-state index contributed by atoms with van der Waals surface area (Å²) in [6, 6.07) is 2.03. The molecule has 0 fully saturated rings. The van der Waals surface area contributed by atoms with Gasteiger partial charge in [-0.2, -0.15) is 0 Å². The Morgan fingerprint density at radius 1 is 1.47 bits per heavy atom. The third-order valence-corrected chi connectivity index (χ3v) is 3.90. The Bertz CT molecular complexity index is 296. The molecule has 1 nitrogen and oxygen atoms in total. The van der Waals surface area contributed by atoms with Gasteiger partial charge in [0.1, 0.15) is 0 Å². The number of thiophene rings is 1. The first-order valence-corrected chi connectivity index (χ1v) is 6.61. The van der Waals surface area contributed by atoms with Gasteiger partial charge in [-0.25, -0.2) is 0 Å². The van der Waals surface area contributed by atoms with Crippen molar-refractivity contribution in [3.8, 4) is 0 Å². The Hall–Kier alpha value is -0.310. The Morgan fingerprint density at radius 2 is 2.27 bits per heavy atom. The predicted octanol–water partition coefficient (Wildman–Crippen LogP) is 4.54. The van der Waals surface area contributed by atoms with E-state index >= 15 is 0 Å². The maximum atomic E-state index is 6.06. The van der Waals surface area contributed by atoms with Gasteiger partial charge in [0.2, 0.25) is 0 Å². The fraction of sp³-hybridized carbons (Fsp3) is 0.500. The van der Waals surface area contributed by atoms with E-state index in [1.165, 1.54) is 19.3 Å². The number of nitrogens with two attached hydrogens (primary N) is 1. The zero-order chi connectivity index (χ0) is 11.1. The fourth-order valence-electron chi connectivity index (χ4n) is 1.53. The fourth-order valence-corrected chi connectivity index (χ4v) is 2.77. The van der Waals surface area contributed by atoms with Crippen molar-refractivity contribution in [1.29, 1.82) is 0 Å². The summed E-state index contributed by atoms with van der Waals surface area (Å²) < 4.78 is 0. The SMILES string of the molecule is C=CCCCCCC(N)c1sccc1Cl. The minimum absolute atomic E-state index is 0.112. The standard InChI is InChI=1S/C12H18ClNS/c1-2-3-4-5-6-7-11(14)12-10(13)8-9-15-12/h2,8-9,11H,1,3-7,14H2. The molecule has 0 aliphatic heterocycles. The van der Waals surface area contributed by atoms with Gasteiger partial charge >= 0.3 is 0 Å². The molecule has 1 atom stereocenters. The van der Waals surface area contributed by atoms with E-state index in [0.29, 0.717) is 0 Å². The van der Waals surface area contributed by atoms with E-state index in [-0.39, 0.29) is 6.04 Å². The molecule has 0 aliphatic carbocycles. The van der Waals surface area contributed by atoms with Crippen molar-refractivity contribution in [2.75, 3.05) is 0 Å². The van der Waals surface area contributed by atoms with Gasteiger partial charge in [0, 0.05) is 10.9 Å². The summed E-state index contributed by atoms with van der Waals surface area (Å²) in [5.74, 6) is 0. The van der Waals surface area contributed by atoms with Crippen molar-refractivity contribution in [2.45, 2.75) is 38.1 Å². The van der Waals surface area contributed by atoms with Gasteiger partial charge in [0.15, 0.2) is 0 Å². The molecule has 1 heterocycles. The van der Waals surface area contributed by atoms with Crippen LogP contribution in [0.3, 0.4) is 0 Å². The van der Waals surface area contributed by atoms with Crippen LogP contribution in [-0.4, -0.2) is 0 Å². The van der Waals surface area contributed by atoms with E-state index in [1.807, 2.05) is 17.5 Å². The first-order chi connectivity index (χ1) is 7.25. The molecule has 0 aromatic carbocycles. The van der Waals surface area contributed by atoms with Gasteiger partial charge in [0.05, 0.1) is 5.02 Å². The number of halogens is 1. The van der Waals surface area contributed by atoms with Crippen molar-refractivity contribution in [1.82, 2.24) is 0 Å². The summed E-state index contributed by atoms with van der Waals surface area (Å²) in [6.07, 6.45) is 7.71. The molecule has 1 aromatic rings. The second kappa shape index (κ2) is 7.04. The molecule has 0 bridgehead atoms. The van der Waals surface area contributed by atoms with Crippen molar-refractivity contribution < 1.29 is 0 Å². The quantitative estimate of drug-likeness (QED) is 0.552. The van der Waals surface area contributed by atoms with Crippen molar-refractivity contribution in [2.24, 2.45) is 5.73 Å². The monoisotopic (exact) mass is 243 g/mol. The smallest absolute Gasteiger partial charge is 0.0561 e. The minimum atomic E-state index is 0.112. The molecule has 1 aromatic heterocycles. The third-order valence-electron chi connectivity index (χ3n) is 2.40. The van der Waals surface area contributed by atoms with E-state index < -0.39 is 0 Å². The highest BCUT2D eigenvalue weighted by Crippen LogP contribution is 2.29. The van der Waals surface area contributed by atoms with Crippen molar-refractivity contribution >= 4 is 22.9 Å². The second-order valence-electron chi connectivity index (χ2n) is 3.67. The Morgan fingerprint density at radius 3 is 2.87 bits per heavy atom.